The molecule has 0 radical (unpaired) electrons. The van der Waals surface area contributed by atoms with Gasteiger partial charge in [0.15, 0.2) is 10.9 Å². The Hall–Kier alpha value is -3.17. The van der Waals surface area contributed by atoms with Gasteiger partial charge in [-0.2, -0.15) is 0 Å². The lowest BCUT2D eigenvalue weighted by Crippen LogP contribution is -2.23. The van der Waals surface area contributed by atoms with Crippen molar-refractivity contribution in [1.82, 2.24) is 15.2 Å². The average Bonchev–Trinajstić information content (AvgIpc) is 2.71. The van der Waals surface area contributed by atoms with Crippen LogP contribution in [0.1, 0.15) is 19.4 Å². The lowest BCUT2D eigenvalue weighted by molar-refractivity contribution is -0.115. The molecule has 2 amide bonds. The Balaban J connectivity index is 1.77. The number of hydrogen-bond donors (Lipinski definition) is 3. The van der Waals surface area contributed by atoms with Gasteiger partial charge in [0.2, 0.25) is 11.8 Å². The molecule has 0 unspecified atom stereocenters. The summed E-state index contributed by atoms with van der Waals surface area (Å²) < 4.78 is 0. The molecular weight excluding hydrogens is 438 g/mol. The van der Waals surface area contributed by atoms with E-state index in [1.165, 1.54) is 6.92 Å². The molecule has 1 atom stereocenters. The number of amides is 2. The average molecular weight is 458 g/mol. The molecule has 0 aliphatic rings. The van der Waals surface area contributed by atoms with Gasteiger partial charge in [0, 0.05) is 23.2 Å². The van der Waals surface area contributed by atoms with Crippen LogP contribution in [0.25, 0.3) is 11.3 Å². The number of rotatable bonds is 6. The SMILES string of the molecule is CC(=O)Nc1ccc(C)cc1-c1nnc(S[C@H](C)C(=O)Nc2ccc(Cl)cc2)[nH]c1=O. The van der Waals surface area contributed by atoms with Crippen molar-refractivity contribution >= 4 is 46.6 Å². The summed E-state index contributed by atoms with van der Waals surface area (Å²) in [5, 5.41) is 13.8. The largest absolute Gasteiger partial charge is 0.326 e. The number of H-pyrrole nitrogens is 1. The first-order valence-electron chi connectivity index (χ1n) is 9.31. The van der Waals surface area contributed by atoms with E-state index in [2.05, 4.69) is 25.8 Å². The third kappa shape index (κ3) is 5.93. The highest BCUT2D eigenvalue weighted by Crippen LogP contribution is 2.26. The Bertz CT molecular complexity index is 1180. The molecule has 0 spiro atoms. The second kappa shape index (κ2) is 9.76. The highest BCUT2D eigenvalue weighted by molar-refractivity contribution is 8.00. The third-order valence-electron chi connectivity index (χ3n) is 4.19. The molecule has 31 heavy (non-hydrogen) atoms. The normalized spacial score (nSPS) is 11.6. The third-order valence-corrected chi connectivity index (χ3v) is 5.41. The fourth-order valence-electron chi connectivity index (χ4n) is 2.70. The lowest BCUT2D eigenvalue weighted by atomic mass is 10.1. The molecule has 0 aliphatic heterocycles. The van der Waals surface area contributed by atoms with E-state index in [0.717, 1.165) is 17.3 Å². The van der Waals surface area contributed by atoms with Crippen molar-refractivity contribution in [2.45, 2.75) is 31.2 Å². The van der Waals surface area contributed by atoms with Gasteiger partial charge in [0.25, 0.3) is 5.56 Å². The molecular formula is C21H20ClN5O3S. The van der Waals surface area contributed by atoms with E-state index in [4.69, 9.17) is 11.6 Å². The number of aromatic nitrogens is 3. The quantitative estimate of drug-likeness (QED) is 0.484. The second-order valence-corrected chi connectivity index (χ2v) is 8.56. The summed E-state index contributed by atoms with van der Waals surface area (Å²) in [5.41, 5.74) is 2.05. The van der Waals surface area contributed by atoms with Gasteiger partial charge in [-0.3, -0.25) is 19.4 Å². The zero-order valence-electron chi connectivity index (χ0n) is 17.0. The molecule has 1 aromatic heterocycles. The summed E-state index contributed by atoms with van der Waals surface area (Å²) in [7, 11) is 0. The number of thioether (sulfide) groups is 1. The second-order valence-electron chi connectivity index (χ2n) is 6.79. The zero-order chi connectivity index (χ0) is 22.5. The molecule has 8 nitrogen and oxygen atoms in total. The van der Waals surface area contributed by atoms with Gasteiger partial charge < -0.3 is 10.6 Å². The smallest absolute Gasteiger partial charge is 0.278 e. The Morgan fingerprint density at radius 1 is 1.10 bits per heavy atom. The highest BCUT2D eigenvalue weighted by atomic mass is 35.5. The monoisotopic (exact) mass is 457 g/mol. The first kappa shape index (κ1) is 22.5. The Kier molecular flexibility index (Phi) is 7.09. The molecule has 10 heteroatoms. The molecule has 1 heterocycles. The number of hydrogen-bond acceptors (Lipinski definition) is 6. The van der Waals surface area contributed by atoms with Crippen LogP contribution < -0.4 is 16.2 Å². The number of aromatic amines is 1. The van der Waals surface area contributed by atoms with Crippen molar-refractivity contribution in [3.63, 3.8) is 0 Å². The van der Waals surface area contributed by atoms with E-state index in [9.17, 15) is 14.4 Å². The minimum absolute atomic E-state index is 0.0788. The number of benzene rings is 2. The number of aryl methyl sites for hydroxylation is 1. The maximum atomic E-state index is 12.7. The van der Waals surface area contributed by atoms with Crippen LogP contribution in [0.5, 0.6) is 0 Å². The predicted molar refractivity (Wildman–Crippen MR) is 123 cm³/mol. The molecule has 3 aromatic rings. The number of anilines is 2. The summed E-state index contributed by atoms with van der Waals surface area (Å²) in [6.07, 6.45) is 0. The standard InChI is InChI=1S/C21H20ClN5O3S/c1-11-4-9-17(23-13(3)28)16(10-11)18-20(30)25-21(27-26-18)31-12(2)19(29)24-15-7-5-14(22)6-8-15/h4-10,12H,1-3H3,(H,23,28)(H,24,29)(H,25,27,30)/t12-/m1/s1. The maximum Gasteiger partial charge on any atom is 0.278 e. The van der Waals surface area contributed by atoms with Crippen LogP contribution in [0.4, 0.5) is 11.4 Å². The molecule has 0 saturated carbocycles. The lowest BCUT2D eigenvalue weighted by Gasteiger charge is -2.12. The molecule has 3 rings (SSSR count). The molecule has 2 aromatic carbocycles. The van der Waals surface area contributed by atoms with E-state index in [0.29, 0.717) is 22.0 Å². The minimum atomic E-state index is -0.541. The molecule has 0 saturated heterocycles. The number of nitrogens with one attached hydrogen (secondary N) is 3. The number of carbonyl (C=O) groups excluding carboxylic acids is 2. The van der Waals surface area contributed by atoms with Crippen LogP contribution in [0.3, 0.4) is 0 Å². The fraction of sp³-hybridized carbons (Fsp3) is 0.190. The van der Waals surface area contributed by atoms with Crippen LogP contribution >= 0.6 is 23.4 Å². The van der Waals surface area contributed by atoms with Gasteiger partial charge in [0.1, 0.15) is 0 Å². The van der Waals surface area contributed by atoms with Crippen molar-refractivity contribution in [2.24, 2.45) is 0 Å². The topological polar surface area (TPSA) is 117 Å². The van der Waals surface area contributed by atoms with Crippen LogP contribution in [0.15, 0.2) is 52.4 Å². The van der Waals surface area contributed by atoms with Crippen LogP contribution in [-0.2, 0) is 9.59 Å². The van der Waals surface area contributed by atoms with Crippen molar-refractivity contribution in [2.75, 3.05) is 10.6 Å². The fourth-order valence-corrected chi connectivity index (χ4v) is 3.57. The minimum Gasteiger partial charge on any atom is -0.326 e. The number of halogens is 1. The number of carbonyl (C=O) groups is 2. The van der Waals surface area contributed by atoms with Gasteiger partial charge in [-0.15, -0.1) is 10.2 Å². The van der Waals surface area contributed by atoms with E-state index >= 15 is 0 Å². The maximum absolute atomic E-state index is 12.7. The van der Waals surface area contributed by atoms with Crippen LogP contribution in [-0.4, -0.2) is 32.2 Å². The Morgan fingerprint density at radius 2 is 1.81 bits per heavy atom. The van der Waals surface area contributed by atoms with Gasteiger partial charge in [-0.1, -0.05) is 35.0 Å². The van der Waals surface area contributed by atoms with Crippen LogP contribution in [0.2, 0.25) is 5.02 Å². The molecule has 3 N–H and O–H groups in total. The summed E-state index contributed by atoms with van der Waals surface area (Å²) in [6, 6.07) is 12.0. The van der Waals surface area contributed by atoms with Crippen molar-refractivity contribution in [3.8, 4) is 11.3 Å². The molecule has 0 aliphatic carbocycles. The molecule has 160 valence electrons. The summed E-state index contributed by atoms with van der Waals surface area (Å²) in [4.78, 5) is 39.2. The summed E-state index contributed by atoms with van der Waals surface area (Å²) in [5.74, 6) is -0.520. The van der Waals surface area contributed by atoms with Gasteiger partial charge in [-0.25, -0.2) is 0 Å². The Morgan fingerprint density at radius 3 is 2.45 bits per heavy atom. The van der Waals surface area contributed by atoms with Gasteiger partial charge >= 0.3 is 0 Å². The van der Waals surface area contributed by atoms with E-state index in [-0.39, 0.29) is 22.7 Å². The molecule has 0 bridgehead atoms. The van der Waals surface area contributed by atoms with Crippen molar-refractivity contribution in [1.29, 1.82) is 0 Å². The van der Waals surface area contributed by atoms with Crippen LogP contribution in [0, 0.1) is 6.92 Å². The summed E-state index contributed by atoms with van der Waals surface area (Å²) in [6.45, 7) is 4.95. The van der Waals surface area contributed by atoms with Gasteiger partial charge in [0.05, 0.1) is 10.9 Å². The predicted octanol–water partition coefficient (Wildman–Crippen LogP) is 3.87. The molecule has 0 fully saturated rings. The summed E-state index contributed by atoms with van der Waals surface area (Å²) >= 11 is 6.92. The van der Waals surface area contributed by atoms with E-state index < -0.39 is 10.8 Å². The zero-order valence-corrected chi connectivity index (χ0v) is 18.6. The van der Waals surface area contributed by atoms with E-state index in [1.807, 2.05) is 13.0 Å². The van der Waals surface area contributed by atoms with E-state index in [1.54, 1.807) is 43.3 Å². The van der Waals surface area contributed by atoms with Gasteiger partial charge in [-0.05, 0) is 50.2 Å². The Labute approximate surface area is 187 Å². The van der Waals surface area contributed by atoms with Crippen molar-refractivity contribution in [3.05, 3.63) is 63.4 Å². The first-order valence-corrected chi connectivity index (χ1v) is 10.6. The van der Waals surface area contributed by atoms with Crippen molar-refractivity contribution < 1.29 is 9.59 Å². The first-order chi connectivity index (χ1) is 14.7. The highest BCUT2D eigenvalue weighted by Gasteiger charge is 2.18. The number of nitrogens with zero attached hydrogens (tertiary/aromatic N) is 2.